The van der Waals surface area contributed by atoms with Crippen LogP contribution in [0.5, 0.6) is 0 Å². The second-order valence-corrected chi connectivity index (χ2v) is 11.5. The van der Waals surface area contributed by atoms with Crippen molar-refractivity contribution in [3.63, 3.8) is 0 Å². The summed E-state index contributed by atoms with van der Waals surface area (Å²) in [6.07, 6.45) is 23.8. The monoisotopic (exact) mass is 431 g/mol. The van der Waals surface area contributed by atoms with Gasteiger partial charge >= 0.3 is 8.80 Å². The van der Waals surface area contributed by atoms with Crippen molar-refractivity contribution in [2.45, 2.75) is 142 Å². The molecule has 5 heteroatoms. The van der Waals surface area contributed by atoms with E-state index in [9.17, 15) is 0 Å². The van der Waals surface area contributed by atoms with Crippen molar-refractivity contribution in [3.8, 4) is 0 Å². The van der Waals surface area contributed by atoms with Crippen LogP contribution in [0.15, 0.2) is 0 Å². The molecule has 0 saturated heterocycles. The summed E-state index contributed by atoms with van der Waals surface area (Å²) in [5, 5.41) is 0. The number of nitrogens with two attached hydrogens (primary N) is 1. The zero-order valence-electron chi connectivity index (χ0n) is 20.3. The summed E-state index contributed by atoms with van der Waals surface area (Å²) in [7, 11) is 0.805. The molecule has 0 aromatic heterocycles. The van der Waals surface area contributed by atoms with Crippen LogP contribution in [0.25, 0.3) is 0 Å². The van der Waals surface area contributed by atoms with E-state index in [4.69, 9.17) is 19.0 Å². The van der Waals surface area contributed by atoms with Crippen molar-refractivity contribution in [2.75, 3.05) is 14.2 Å². The summed E-state index contributed by atoms with van der Waals surface area (Å²) in [5.41, 5.74) is 6.15. The third-order valence-corrected chi connectivity index (χ3v) is 8.87. The first kappa shape index (κ1) is 29.1. The lowest BCUT2D eigenvalue weighted by atomic mass is 10.0. The largest absolute Gasteiger partial charge is 0.501 e. The summed E-state index contributed by atoms with van der Waals surface area (Å²) in [6.45, 7) is 4.40. The maximum atomic E-state index is 6.15. The molecule has 0 amide bonds. The molecule has 0 spiro atoms. The van der Waals surface area contributed by atoms with Crippen molar-refractivity contribution < 1.29 is 13.3 Å². The van der Waals surface area contributed by atoms with Crippen molar-refractivity contribution >= 4 is 8.80 Å². The zero-order valence-corrected chi connectivity index (χ0v) is 21.3. The lowest BCUT2D eigenvalue weighted by Gasteiger charge is -2.29. The van der Waals surface area contributed by atoms with Crippen molar-refractivity contribution in [1.82, 2.24) is 0 Å². The van der Waals surface area contributed by atoms with E-state index in [0.717, 1.165) is 25.3 Å². The Balaban J connectivity index is 3.40. The second kappa shape index (κ2) is 21.3. The fraction of sp³-hybridized carbons (Fsp3) is 1.00. The lowest BCUT2D eigenvalue weighted by Crippen LogP contribution is -2.48. The van der Waals surface area contributed by atoms with E-state index in [-0.39, 0.29) is 6.23 Å². The van der Waals surface area contributed by atoms with Crippen LogP contribution in [0.4, 0.5) is 0 Å². The molecule has 0 rings (SSSR count). The maximum Gasteiger partial charge on any atom is 0.501 e. The third-order valence-electron chi connectivity index (χ3n) is 5.85. The van der Waals surface area contributed by atoms with Gasteiger partial charge in [0.1, 0.15) is 0 Å². The molecule has 0 aliphatic rings. The van der Waals surface area contributed by atoms with Gasteiger partial charge in [-0.1, -0.05) is 117 Å². The van der Waals surface area contributed by atoms with Crippen LogP contribution in [-0.4, -0.2) is 29.3 Å². The number of hydrogen-bond acceptors (Lipinski definition) is 4. The Morgan fingerprint density at radius 1 is 0.586 bits per heavy atom. The van der Waals surface area contributed by atoms with Gasteiger partial charge in [0.2, 0.25) is 0 Å². The standard InChI is InChI=1S/C24H53NO3Si/c1-5-7-8-9-10-11-12-13-14-15-16-17-18-19-20-21-22-24(25)28-29(26-3,27-4)23-6-2/h24H,5-23,25H2,1-4H3. The molecule has 0 fully saturated rings. The van der Waals surface area contributed by atoms with E-state index in [1.165, 1.54) is 96.3 Å². The Morgan fingerprint density at radius 2 is 0.966 bits per heavy atom. The minimum atomic E-state index is -2.54. The Bertz CT molecular complexity index is 327. The molecule has 0 saturated carbocycles. The second-order valence-electron chi connectivity index (χ2n) is 8.59. The first-order valence-corrected chi connectivity index (χ1v) is 14.6. The van der Waals surface area contributed by atoms with Gasteiger partial charge < -0.3 is 19.0 Å². The predicted octanol–water partition coefficient (Wildman–Crippen LogP) is 7.58. The molecule has 2 N–H and O–H groups in total. The summed E-state index contributed by atoms with van der Waals surface area (Å²) in [6, 6.07) is 0.826. The molecule has 1 atom stereocenters. The normalized spacial score (nSPS) is 13.1. The molecule has 176 valence electrons. The third kappa shape index (κ3) is 17.4. The van der Waals surface area contributed by atoms with Crippen LogP contribution in [0.1, 0.15) is 129 Å². The fourth-order valence-electron chi connectivity index (χ4n) is 3.93. The molecule has 1 unspecified atom stereocenters. The fourth-order valence-corrected chi connectivity index (χ4v) is 6.01. The SMILES string of the molecule is CCCCCCCCCCCCCCCCCCC(N)O[Si](CCC)(OC)OC. The van der Waals surface area contributed by atoms with Crippen LogP contribution < -0.4 is 5.73 Å². The minimum absolute atomic E-state index is 0.264. The lowest BCUT2D eigenvalue weighted by molar-refractivity contribution is 0.0526. The summed E-state index contributed by atoms with van der Waals surface area (Å²) in [4.78, 5) is 0. The van der Waals surface area contributed by atoms with Crippen molar-refractivity contribution in [2.24, 2.45) is 5.73 Å². The smallest absolute Gasteiger partial charge is 0.377 e. The average molecular weight is 432 g/mol. The first-order valence-electron chi connectivity index (χ1n) is 12.7. The highest BCUT2D eigenvalue weighted by molar-refractivity contribution is 6.60. The summed E-state index contributed by atoms with van der Waals surface area (Å²) >= 11 is 0. The first-order chi connectivity index (χ1) is 14.1. The van der Waals surface area contributed by atoms with Gasteiger partial charge in [-0.15, -0.1) is 0 Å². The van der Waals surface area contributed by atoms with Crippen molar-refractivity contribution in [1.29, 1.82) is 0 Å². The molecule has 0 heterocycles. The quantitative estimate of drug-likeness (QED) is 0.103. The van der Waals surface area contributed by atoms with Gasteiger partial charge in [0.05, 0.1) is 6.23 Å². The summed E-state index contributed by atoms with van der Waals surface area (Å²) < 4.78 is 17.1. The van der Waals surface area contributed by atoms with Gasteiger partial charge in [-0.05, 0) is 12.8 Å². The highest BCUT2D eigenvalue weighted by Crippen LogP contribution is 2.19. The van der Waals surface area contributed by atoms with Crippen LogP contribution in [-0.2, 0) is 13.3 Å². The molecule has 4 nitrogen and oxygen atoms in total. The van der Waals surface area contributed by atoms with E-state index >= 15 is 0 Å². The molecule has 0 bridgehead atoms. The van der Waals surface area contributed by atoms with E-state index in [1.54, 1.807) is 14.2 Å². The molecular weight excluding hydrogens is 378 g/mol. The van der Waals surface area contributed by atoms with Crippen LogP contribution in [0, 0.1) is 0 Å². The van der Waals surface area contributed by atoms with E-state index in [2.05, 4.69) is 13.8 Å². The van der Waals surface area contributed by atoms with Gasteiger partial charge in [0.15, 0.2) is 0 Å². The Kier molecular flexibility index (Phi) is 21.3. The molecule has 0 aromatic rings. The topological polar surface area (TPSA) is 53.7 Å². The molecule has 29 heavy (non-hydrogen) atoms. The summed E-state index contributed by atoms with van der Waals surface area (Å²) in [5.74, 6) is 0. The van der Waals surface area contributed by atoms with Gasteiger partial charge in [-0.3, -0.25) is 0 Å². The maximum absolute atomic E-state index is 6.15. The van der Waals surface area contributed by atoms with Gasteiger partial charge in [0.25, 0.3) is 0 Å². The van der Waals surface area contributed by atoms with E-state index in [1.807, 2.05) is 0 Å². The number of hydrogen-bond donors (Lipinski definition) is 1. The Hall–Kier alpha value is 0.0569. The van der Waals surface area contributed by atoms with E-state index in [0.29, 0.717) is 0 Å². The Morgan fingerprint density at radius 3 is 1.31 bits per heavy atom. The Labute approximate surface area is 184 Å². The molecule has 0 aromatic carbocycles. The van der Waals surface area contributed by atoms with Crippen LogP contribution in [0.2, 0.25) is 6.04 Å². The number of unbranched alkanes of at least 4 members (excludes halogenated alkanes) is 15. The molecule has 0 aliphatic heterocycles. The van der Waals surface area contributed by atoms with Crippen LogP contribution in [0.3, 0.4) is 0 Å². The molecule has 0 radical (unpaired) electrons. The average Bonchev–Trinajstić information content (AvgIpc) is 2.73. The van der Waals surface area contributed by atoms with Gasteiger partial charge in [-0.2, -0.15) is 0 Å². The number of rotatable bonds is 23. The van der Waals surface area contributed by atoms with E-state index < -0.39 is 8.80 Å². The predicted molar refractivity (Wildman–Crippen MR) is 128 cm³/mol. The molecular formula is C24H53NO3Si. The molecule has 0 aliphatic carbocycles. The highest BCUT2D eigenvalue weighted by Gasteiger charge is 2.39. The van der Waals surface area contributed by atoms with Gasteiger partial charge in [-0.25, -0.2) is 0 Å². The highest BCUT2D eigenvalue weighted by atomic mass is 28.4. The van der Waals surface area contributed by atoms with Crippen LogP contribution >= 0.6 is 0 Å². The zero-order chi connectivity index (χ0) is 21.6. The van der Waals surface area contributed by atoms with Crippen molar-refractivity contribution in [3.05, 3.63) is 0 Å². The minimum Gasteiger partial charge on any atom is -0.377 e. The van der Waals surface area contributed by atoms with Gasteiger partial charge in [0, 0.05) is 20.3 Å².